The number of aliphatic carboxylic acids is 1. The van der Waals surface area contributed by atoms with Gasteiger partial charge in [0, 0.05) is 24.7 Å². The van der Waals surface area contributed by atoms with E-state index in [4.69, 9.17) is 11.5 Å². The van der Waals surface area contributed by atoms with Crippen molar-refractivity contribution in [2.45, 2.75) is 84.0 Å². The summed E-state index contributed by atoms with van der Waals surface area (Å²) in [7, 11) is 0. The Labute approximate surface area is 210 Å². The number of carbonyl (C=O) groups is 5. The molecule has 0 saturated heterocycles. The van der Waals surface area contributed by atoms with Crippen molar-refractivity contribution in [3.05, 3.63) is 18.2 Å². The molecule has 36 heavy (non-hydrogen) atoms. The number of hydrogen-bond acceptors (Lipinski definition) is 7. The molecular weight excluding hydrogens is 470 g/mol. The number of imidazole rings is 1. The molecule has 0 fully saturated rings. The van der Waals surface area contributed by atoms with E-state index < -0.39 is 53.8 Å². The molecule has 9 N–H and O–H groups in total. The summed E-state index contributed by atoms with van der Waals surface area (Å²) < 4.78 is 0. The highest BCUT2D eigenvalue weighted by Gasteiger charge is 2.31. The molecule has 13 nitrogen and oxygen atoms in total. The van der Waals surface area contributed by atoms with Gasteiger partial charge >= 0.3 is 5.97 Å². The Kier molecular flexibility index (Phi) is 12.6. The van der Waals surface area contributed by atoms with Gasteiger partial charge in [0.25, 0.3) is 0 Å². The Balaban J connectivity index is 3.06. The minimum Gasteiger partial charge on any atom is -0.480 e. The van der Waals surface area contributed by atoms with Crippen LogP contribution in [0, 0.1) is 11.8 Å². The lowest BCUT2D eigenvalue weighted by atomic mass is 10.00. The number of H-pyrrole nitrogens is 1. The van der Waals surface area contributed by atoms with Crippen LogP contribution in [0.25, 0.3) is 0 Å². The molecular formula is C23H39N7O6. The van der Waals surface area contributed by atoms with Gasteiger partial charge in [-0.25, -0.2) is 9.78 Å². The highest BCUT2D eigenvalue weighted by atomic mass is 16.4. The number of primary amides is 1. The predicted octanol–water partition coefficient (Wildman–Crippen LogP) is -0.824. The standard InChI is InChI=1S/C23H39N7O6/c1-12(2)7-15(24)20(32)29-17(8-13(3)4)21(33)30-18(9-14-10-26-11-27-14)22(34)28-16(23(35)36)5-6-19(25)31/h10-13,15-18H,5-9,24H2,1-4H3,(H2,25,31)(H,26,27)(H,28,34)(H,29,32)(H,30,33)(H,35,36). The SMILES string of the molecule is CC(C)CC(N)C(=O)NC(CC(C)C)C(=O)NC(Cc1cnc[nH]1)C(=O)NC(CCC(N)=O)C(=O)O. The van der Waals surface area contributed by atoms with Gasteiger partial charge in [0.1, 0.15) is 18.1 Å². The number of nitrogens with one attached hydrogen (secondary N) is 4. The molecule has 1 heterocycles. The third-order valence-corrected chi connectivity index (χ3v) is 5.31. The number of rotatable bonds is 16. The summed E-state index contributed by atoms with van der Waals surface area (Å²) in [5, 5.41) is 17.1. The van der Waals surface area contributed by atoms with Crippen LogP contribution in [-0.2, 0) is 30.4 Å². The van der Waals surface area contributed by atoms with Crippen molar-refractivity contribution < 1.29 is 29.1 Å². The van der Waals surface area contributed by atoms with E-state index in [0.717, 1.165) is 0 Å². The second kappa shape index (κ2) is 14.8. The Hall–Kier alpha value is -3.48. The molecule has 4 amide bonds. The summed E-state index contributed by atoms with van der Waals surface area (Å²) in [6.45, 7) is 7.62. The van der Waals surface area contributed by atoms with Gasteiger partial charge in [-0.1, -0.05) is 27.7 Å². The molecule has 0 aliphatic heterocycles. The van der Waals surface area contributed by atoms with Gasteiger partial charge in [0.05, 0.1) is 12.4 Å². The average molecular weight is 510 g/mol. The zero-order valence-electron chi connectivity index (χ0n) is 21.2. The lowest BCUT2D eigenvalue weighted by molar-refractivity contribution is -0.142. The van der Waals surface area contributed by atoms with Gasteiger partial charge in [-0.2, -0.15) is 0 Å². The van der Waals surface area contributed by atoms with Gasteiger partial charge in [0.2, 0.25) is 23.6 Å². The molecule has 0 bridgehead atoms. The summed E-state index contributed by atoms with van der Waals surface area (Å²) in [6.07, 6.45) is 3.13. The zero-order valence-corrected chi connectivity index (χ0v) is 21.2. The Morgan fingerprint density at radius 3 is 1.97 bits per heavy atom. The van der Waals surface area contributed by atoms with Crippen LogP contribution in [0.15, 0.2) is 12.5 Å². The first kappa shape index (κ1) is 30.6. The first-order valence-corrected chi connectivity index (χ1v) is 11.9. The molecule has 13 heteroatoms. The van der Waals surface area contributed by atoms with E-state index in [1.807, 2.05) is 27.7 Å². The molecule has 1 rings (SSSR count). The third kappa shape index (κ3) is 11.3. The summed E-state index contributed by atoms with van der Waals surface area (Å²) >= 11 is 0. The molecule has 4 unspecified atom stereocenters. The smallest absolute Gasteiger partial charge is 0.326 e. The second-order valence-corrected chi connectivity index (χ2v) is 9.67. The van der Waals surface area contributed by atoms with Crippen molar-refractivity contribution in [1.82, 2.24) is 25.9 Å². The minimum absolute atomic E-state index is 0.0189. The van der Waals surface area contributed by atoms with Crippen molar-refractivity contribution in [3.63, 3.8) is 0 Å². The van der Waals surface area contributed by atoms with E-state index in [-0.39, 0.29) is 31.1 Å². The second-order valence-electron chi connectivity index (χ2n) is 9.67. The summed E-state index contributed by atoms with van der Waals surface area (Å²) in [5.74, 6) is -3.70. The molecule has 1 aromatic heterocycles. The molecule has 1 aromatic rings. The van der Waals surface area contributed by atoms with Crippen molar-refractivity contribution in [2.75, 3.05) is 0 Å². The number of hydrogen-bond donors (Lipinski definition) is 7. The van der Waals surface area contributed by atoms with Gasteiger partial charge in [-0.3, -0.25) is 19.2 Å². The van der Waals surface area contributed by atoms with Crippen LogP contribution in [0.4, 0.5) is 0 Å². The van der Waals surface area contributed by atoms with Crippen LogP contribution >= 0.6 is 0 Å². The summed E-state index contributed by atoms with van der Waals surface area (Å²) in [5.41, 5.74) is 11.6. The first-order valence-electron chi connectivity index (χ1n) is 11.9. The van der Waals surface area contributed by atoms with E-state index in [1.165, 1.54) is 12.5 Å². The topological polar surface area (TPSA) is 222 Å². The molecule has 0 spiro atoms. The Morgan fingerprint density at radius 1 is 0.917 bits per heavy atom. The van der Waals surface area contributed by atoms with Gasteiger partial charge in [0.15, 0.2) is 0 Å². The van der Waals surface area contributed by atoms with Crippen molar-refractivity contribution in [1.29, 1.82) is 0 Å². The summed E-state index contributed by atoms with van der Waals surface area (Å²) in [6, 6.07) is -4.33. The van der Waals surface area contributed by atoms with Crippen molar-refractivity contribution in [2.24, 2.45) is 23.3 Å². The van der Waals surface area contributed by atoms with Crippen LogP contribution in [0.5, 0.6) is 0 Å². The van der Waals surface area contributed by atoms with E-state index in [2.05, 4.69) is 25.9 Å². The summed E-state index contributed by atoms with van der Waals surface area (Å²) in [4.78, 5) is 68.1. The van der Waals surface area contributed by atoms with Crippen molar-refractivity contribution >= 4 is 29.6 Å². The van der Waals surface area contributed by atoms with E-state index >= 15 is 0 Å². The molecule has 0 aliphatic carbocycles. The van der Waals surface area contributed by atoms with Crippen LogP contribution in [0.2, 0.25) is 0 Å². The molecule has 0 aliphatic rings. The molecule has 202 valence electrons. The lowest BCUT2D eigenvalue weighted by Crippen LogP contribution is -2.58. The van der Waals surface area contributed by atoms with E-state index in [0.29, 0.717) is 18.5 Å². The Bertz CT molecular complexity index is 888. The minimum atomic E-state index is -1.38. The fraction of sp³-hybridized carbons (Fsp3) is 0.652. The number of nitrogens with two attached hydrogens (primary N) is 2. The number of amides is 4. The zero-order chi connectivity index (χ0) is 27.4. The fourth-order valence-corrected chi connectivity index (χ4v) is 3.51. The maximum Gasteiger partial charge on any atom is 0.326 e. The Morgan fingerprint density at radius 2 is 1.47 bits per heavy atom. The molecule has 0 saturated carbocycles. The van der Waals surface area contributed by atoms with Gasteiger partial charge in [-0.15, -0.1) is 0 Å². The highest BCUT2D eigenvalue weighted by Crippen LogP contribution is 2.09. The number of carboxylic acids is 1. The molecule has 0 aromatic carbocycles. The number of carbonyl (C=O) groups excluding carboxylic acids is 4. The van der Waals surface area contributed by atoms with E-state index in [9.17, 15) is 29.1 Å². The van der Waals surface area contributed by atoms with Crippen LogP contribution in [0.1, 0.15) is 59.1 Å². The molecule has 0 radical (unpaired) electrons. The maximum absolute atomic E-state index is 13.2. The van der Waals surface area contributed by atoms with Crippen LogP contribution < -0.4 is 27.4 Å². The molecule has 4 atom stereocenters. The number of aromatic nitrogens is 2. The quantitative estimate of drug-likeness (QED) is 0.149. The lowest BCUT2D eigenvalue weighted by Gasteiger charge is -2.26. The predicted molar refractivity (Wildman–Crippen MR) is 131 cm³/mol. The monoisotopic (exact) mass is 509 g/mol. The maximum atomic E-state index is 13.2. The first-order chi connectivity index (χ1) is 16.8. The fourth-order valence-electron chi connectivity index (χ4n) is 3.51. The van der Waals surface area contributed by atoms with Gasteiger partial charge in [-0.05, 0) is 31.1 Å². The van der Waals surface area contributed by atoms with Crippen molar-refractivity contribution in [3.8, 4) is 0 Å². The highest BCUT2D eigenvalue weighted by molar-refractivity contribution is 5.94. The average Bonchev–Trinajstić information content (AvgIpc) is 3.27. The van der Waals surface area contributed by atoms with E-state index in [1.54, 1.807) is 0 Å². The van der Waals surface area contributed by atoms with Gasteiger partial charge < -0.3 is 37.5 Å². The number of carboxylic acid groups (broad SMARTS) is 1. The third-order valence-electron chi connectivity index (χ3n) is 5.31. The normalized spacial score (nSPS) is 14.5. The number of aromatic amines is 1. The van der Waals surface area contributed by atoms with Crippen LogP contribution in [-0.4, -0.2) is 68.8 Å². The number of nitrogens with zero attached hydrogens (tertiary/aromatic N) is 1. The largest absolute Gasteiger partial charge is 0.480 e. The van der Waals surface area contributed by atoms with Crippen LogP contribution in [0.3, 0.4) is 0 Å².